The van der Waals surface area contributed by atoms with Gasteiger partial charge in [-0.15, -0.1) is 11.3 Å². The van der Waals surface area contributed by atoms with Gasteiger partial charge in [-0.1, -0.05) is 17.7 Å². The van der Waals surface area contributed by atoms with E-state index in [1.54, 1.807) is 29.6 Å². The first-order valence-corrected chi connectivity index (χ1v) is 6.91. The minimum Gasteiger partial charge on any atom is -0.312 e. The molecule has 1 aromatic carbocycles. The van der Waals surface area contributed by atoms with Crippen LogP contribution in [-0.2, 0) is 0 Å². The number of amides is 1. The fourth-order valence-electron chi connectivity index (χ4n) is 1.34. The third kappa shape index (κ3) is 2.56. The van der Waals surface area contributed by atoms with E-state index in [0.717, 1.165) is 0 Å². The summed E-state index contributed by atoms with van der Waals surface area (Å²) in [5.41, 5.74) is 0.808. The Bertz CT molecular complexity index is 648. The van der Waals surface area contributed by atoms with Crippen LogP contribution in [0, 0.1) is 11.3 Å². The fraction of sp³-hybridized carbons (Fsp3) is 0. The molecule has 0 atom stereocenters. The zero-order chi connectivity index (χ0) is 13.1. The SMILES string of the molecule is N#Cc1ccsc1NC(=O)c1cccc(Br)c1Cl. The molecule has 0 unspecified atom stereocenters. The maximum Gasteiger partial charge on any atom is 0.257 e. The molecule has 0 aliphatic carbocycles. The lowest BCUT2D eigenvalue weighted by atomic mass is 10.2. The Kier molecular flexibility index (Phi) is 4.02. The first-order chi connectivity index (χ1) is 8.63. The zero-order valence-electron chi connectivity index (χ0n) is 8.91. The first-order valence-electron chi connectivity index (χ1n) is 4.86. The van der Waals surface area contributed by atoms with E-state index in [-0.39, 0.29) is 5.91 Å². The normalized spacial score (nSPS) is 9.83. The second kappa shape index (κ2) is 5.53. The highest BCUT2D eigenvalue weighted by Gasteiger charge is 2.14. The molecule has 2 aromatic rings. The number of benzene rings is 1. The van der Waals surface area contributed by atoms with Crippen LogP contribution in [0.5, 0.6) is 0 Å². The highest BCUT2D eigenvalue weighted by molar-refractivity contribution is 9.10. The standard InChI is InChI=1S/C12H6BrClN2OS/c13-9-3-1-2-8(10(9)14)11(17)16-12-7(6-15)4-5-18-12/h1-5H,(H,16,17). The van der Waals surface area contributed by atoms with E-state index < -0.39 is 0 Å². The Morgan fingerprint density at radius 1 is 1.44 bits per heavy atom. The molecule has 1 aromatic heterocycles. The Balaban J connectivity index is 2.29. The fourth-order valence-corrected chi connectivity index (χ4v) is 2.65. The van der Waals surface area contributed by atoms with Gasteiger partial charge in [0.25, 0.3) is 5.91 Å². The molecule has 1 N–H and O–H groups in total. The number of hydrogen-bond acceptors (Lipinski definition) is 3. The van der Waals surface area contributed by atoms with E-state index in [1.165, 1.54) is 11.3 Å². The molecule has 0 fully saturated rings. The number of nitriles is 1. The van der Waals surface area contributed by atoms with Crippen molar-refractivity contribution in [2.75, 3.05) is 5.32 Å². The van der Waals surface area contributed by atoms with Gasteiger partial charge in [-0.05, 0) is 39.5 Å². The second-order valence-electron chi connectivity index (χ2n) is 3.33. The van der Waals surface area contributed by atoms with Crippen molar-refractivity contribution in [3.63, 3.8) is 0 Å². The first kappa shape index (κ1) is 13.1. The molecule has 0 aliphatic heterocycles. The van der Waals surface area contributed by atoms with Crippen molar-refractivity contribution in [1.29, 1.82) is 5.26 Å². The molecule has 0 bridgehead atoms. The van der Waals surface area contributed by atoms with E-state index in [4.69, 9.17) is 16.9 Å². The summed E-state index contributed by atoms with van der Waals surface area (Å²) >= 11 is 10.6. The Hall–Kier alpha value is -1.35. The topological polar surface area (TPSA) is 52.9 Å². The average Bonchev–Trinajstić information content (AvgIpc) is 2.79. The minimum atomic E-state index is -0.333. The number of nitrogens with one attached hydrogen (secondary N) is 1. The van der Waals surface area contributed by atoms with Crippen LogP contribution in [0.25, 0.3) is 0 Å². The molecule has 2 rings (SSSR count). The van der Waals surface area contributed by atoms with Gasteiger partial charge in [-0.3, -0.25) is 4.79 Å². The van der Waals surface area contributed by atoms with Gasteiger partial charge in [0.15, 0.2) is 0 Å². The van der Waals surface area contributed by atoms with Crippen molar-refractivity contribution in [2.45, 2.75) is 0 Å². The van der Waals surface area contributed by atoms with E-state index in [0.29, 0.717) is 25.6 Å². The maximum atomic E-state index is 12.0. The lowest BCUT2D eigenvalue weighted by Gasteiger charge is -2.06. The van der Waals surface area contributed by atoms with Crippen LogP contribution in [0.2, 0.25) is 5.02 Å². The minimum absolute atomic E-state index is 0.333. The highest BCUT2D eigenvalue weighted by Crippen LogP contribution is 2.28. The molecule has 6 heteroatoms. The molecular weight excluding hydrogens is 336 g/mol. The van der Waals surface area contributed by atoms with Gasteiger partial charge in [-0.2, -0.15) is 5.26 Å². The van der Waals surface area contributed by atoms with Crippen molar-refractivity contribution in [3.8, 4) is 6.07 Å². The lowest BCUT2D eigenvalue weighted by Crippen LogP contribution is -2.12. The Labute approximate surface area is 121 Å². The summed E-state index contributed by atoms with van der Waals surface area (Å²) in [6.07, 6.45) is 0. The largest absolute Gasteiger partial charge is 0.312 e. The molecular formula is C12H6BrClN2OS. The van der Waals surface area contributed by atoms with Gasteiger partial charge in [0.1, 0.15) is 11.1 Å². The summed E-state index contributed by atoms with van der Waals surface area (Å²) < 4.78 is 0.656. The van der Waals surface area contributed by atoms with Crippen LogP contribution in [0.1, 0.15) is 15.9 Å². The number of carbonyl (C=O) groups excluding carboxylic acids is 1. The predicted octanol–water partition coefficient (Wildman–Crippen LogP) is 4.29. The van der Waals surface area contributed by atoms with Crippen molar-refractivity contribution < 1.29 is 4.79 Å². The number of nitrogens with zero attached hydrogens (tertiary/aromatic N) is 1. The Morgan fingerprint density at radius 3 is 2.94 bits per heavy atom. The van der Waals surface area contributed by atoms with E-state index >= 15 is 0 Å². The molecule has 0 saturated heterocycles. The molecule has 90 valence electrons. The van der Waals surface area contributed by atoms with Gasteiger partial charge < -0.3 is 5.32 Å². The number of rotatable bonds is 2. The molecule has 0 aliphatic rings. The summed E-state index contributed by atoms with van der Waals surface area (Å²) in [4.78, 5) is 12.0. The number of hydrogen-bond donors (Lipinski definition) is 1. The number of halogens is 2. The summed E-state index contributed by atoms with van der Waals surface area (Å²) in [6.45, 7) is 0. The van der Waals surface area contributed by atoms with Crippen molar-refractivity contribution in [1.82, 2.24) is 0 Å². The van der Waals surface area contributed by atoms with Crippen molar-refractivity contribution >= 4 is 49.8 Å². The van der Waals surface area contributed by atoms with Crippen LogP contribution < -0.4 is 5.32 Å². The van der Waals surface area contributed by atoms with Gasteiger partial charge in [0.2, 0.25) is 0 Å². The Morgan fingerprint density at radius 2 is 2.22 bits per heavy atom. The van der Waals surface area contributed by atoms with Crippen molar-refractivity contribution in [2.24, 2.45) is 0 Å². The number of anilines is 1. The smallest absolute Gasteiger partial charge is 0.257 e. The van der Waals surface area contributed by atoms with Crippen LogP contribution >= 0.6 is 38.9 Å². The van der Waals surface area contributed by atoms with E-state index in [9.17, 15) is 4.79 Å². The highest BCUT2D eigenvalue weighted by atomic mass is 79.9. The molecule has 1 amide bonds. The van der Waals surface area contributed by atoms with Crippen LogP contribution in [0.3, 0.4) is 0 Å². The third-order valence-corrected chi connectivity index (χ3v) is 4.34. The van der Waals surface area contributed by atoms with Gasteiger partial charge >= 0.3 is 0 Å². The van der Waals surface area contributed by atoms with Crippen LogP contribution in [0.15, 0.2) is 34.1 Å². The predicted molar refractivity (Wildman–Crippen MR) is 76.1 cm³/mol. The van der Waals surface area contributed by atoms with Gasteiger partial charge in [-0.25, -0.2) is 0 Å². The molecule has 0 radical (unpaired) electrons. The quantitative estimate of drug-likeness (QED) is 0.886. The van der Waals surface area contributed by atoms with Crippen molar-refractivity contribution in [3.05, 3.63) is 50.3 Å². The summed E-state index contributed by atoms with van der Waals surface area (Å²) in [6, 6.07) is 8.78. The van der Waals surface area contributed by atoms with E-state index in [1.807, 2.05) is 6.07 Å². The monoisotopic (exact) mass is 340 g/mol. The molecule has 3 nitrogen and oxygen atoms in total. The van der Waals surface area contributed by atoms with Crippen LogP contribution in [-0.4, -0.2) is 5.91 Å². The van der Waals surface area contributed by atoms with Crippen LogP contribution in [0.4, 0.5) is 5.00 Å². The molecule has 18 heavy (non-hydrogen) atoms. The summed E-state index contributed by atoms with van der Waals surface area (Å²) in [5, 5.41) is 14.2. The lowest BCUT2D eigenvalue weighted by molar-refractivity contribution is 0.102. The molecule has 0 spiro atoms. The maximum absolute atomic E-state index is 12.0. The summed E-state index contributed by atoms with van der Waals surface area (Å²) in [7, 11) is 0. The third-order valence-electron chi connectivity index (χ3n) is 2.21. The van der Waals surface area contributed by atoms with Gasteiger partial charge in [0, 0.05) is 4.47 Å². The molecule has 0 saturated carbocycles. The van der Waals surface area contributed by atoms with Gasteiger partial charge in [0.05, 0.1) is 16.1 Å². The number of carbonyl (C=O) groups is 1. The average molecular weight is 342 g/mol. The zero-order valence-corrected chi connectivity index (χ0v) is 12.1. The molecule has 1 heterocycles. The van der Waals surface area contributed by atoms with E-state index in [2.05, 4.69) is 21.2 Å². The summed E-state index contributed by atoms with van der Waals surface area (Å²) in [5.74, 6) is -0.333. The number of thiophene rings is 1. The second-order valence-corrected chi connectivity index (χ2v) is 5.48.